The number of nitrogens with one attached hydrogen (secondary N) is 3. The molecule has 196 valence electrons. The van der Waals surface area contributed by atoms with Gasteiger partial charge in [0.1, 0.15) is 17.3 Å². The number of nitrogens with two attached hydrogens (primary N) is 1. The van der Waals surface area contributed by atoms with Crippen LogP contribution in [0.5, 0.6) is 5.75 Å². The summed E-state index contributed by atoms with van der Waals surface area (Å²) in [6, 6.07) is 4.54. The lowest BCUT2D eigenvalue weighted by molar-refractivity contribution is -0.123. The van der Waals surface area contributed by atoms with Gasteiger partial charge in [-0.3, -0.25) is 20.6 Å². The number of carbonyl (C=O) groups excluding carboxylic acids is 2. The number of benzene rings is 1. The molecule has 3 heterocycles. The van der Waals surface area contributed by atoms with Crippen LogP contribution in [0.25, 0.3) is 0 Å². The molecular formula is C26H39N7O3. The molecule has 10 heteroatoms. The molecule has 0 aromatic heterocycles. The van der Waals surface area contributed by atoms with E-state index in [1.165, 1.54) is 12.8 Å². The maximum Gasteiger partial charge on any atom is 0.275 e. The van der Waals surface area contributed by atoms with Crippen molar-refractivity contribution in [1.82, 2.24) is 20.4 Å². The standard InChI is InChI=1S/C26H39N7O3/c1-5-18-15-31(3)23-24(33(18)19-10-6-7-11-19)29-26(27,30-25(23)35)28-20-14-21-17(13-22(20)36-4)9-8-12-32(21)16(2)34/h13-14,18-19,28-29H,5-12,15,27H2,1-4H3,(H,30,35)/t18?,26-/m1/s1. The summed E-state index contributed by atoms with van der Waals surface area (Å²) in [5.41, 5.74) is 9.93. The molecule has 1 aliphatic carbocycles. The van der Waals surface area contributed by atoms with Crippen LogP contribution in [0.2, 0.25) is 0 Å². The minimum absolute atomic E-state index is 0.00326. The number of hydrogen-bond donors (Lipinski definition) is 4. The van der Waals surface area contributed by atoms with Gasteiger partial charge in [0.15, 0.2) is 0 Å². The molecule has 36 heavy (non-hydrogen) atoms. The zero-order valence-corrected chi connectivity index (χ0v) is 21.8. The minimum Gasteiger partial charge on any atom is -0.495 e. The Kier molecular flexibility index (Phi) is 6.40. The van der Waals surface area contributed by atoms with E-state index in [1.807, 2.05) is 24.1 Å². The van der Waals surface area contributed by atoms with Crippen LogP contribution in [0.1, 0.15) is 57.9 Å². The highest BCUT2D eigenvalue weighted by atomic mass is 16.5. The number of aryl methyl sites for hydroxylation is 1. The number of carbonyl (C=O) groups is 2. The maximum atomic E-state index is 13.4. The van der Waals surface area contributed by atoms with Crippen molar-refractivity contribution >= 4 is 23.2 Å². The number of methoxy groups -OCH3 is 1. The van der Waals surface area contributed by atoms with E-state index < -0.39 is 5.91 Å². The molecule has 5 N–H and O–H groups in total. The highest BCUT2D eigenvalue weighted by Crippen LogP contribution is 2.39. The van der Waals surface area contributed by atoms with E-state index in [2.05, 4.69) is 27.8 Å². The van der Waals surface area contributed by atoms with Crippen molar-refractivity contribution in [3.05, 3.63) is 29.2 Å². The monoisotopic (exact) mass is 497 g/mol. The fourth-order valence-electron chi connectivity index (χ4n) is 6.31. The Balaban J connectivity index is 1.51. The fraction of sp³-hybridized carbons (Fsp3) is 0.615. The first-order chi connectivity index (χ1) is 17.2. The van der Waals surface area contributed by atoms with E-state index in [4.69, 9.17) is 10.5 Å². The van der Waals surface area contributed by atoms with Crippen LogP contribution < -0.4 is 31.3 Å². The largest absolute Gasteiger partial charge is 0.495 e. The molecule has 2 atom stereocenters. The number of likely N-dealkylation sites (N-methyl/N-ethyl adjacent to an activating group) is 1. The molecule has 1 aromatic rings. The lowest BCUT2D eigenvalue weighted by atomic mass is 10.00. The molecule has 3 aliphatic heterocycles. The van der Waals surface area contributed by atoms with E-state index in [1.54, 1.807) is 18.9 Å². The predicted molar refractivity (Wildman–Crippen MR) is 139 cm³/mol. The van der Waals surface area contributed by atoms with Crippen molar-refractivity contribution in [2.24, 2.45) is 5.73 Å². The molecule has 0 saturated heterocycles. The van der Waals surface area contributed by atoms with Gasteiger partial charge in [-0.05, 0) is 49.8 Å². The number of nitrogens with zero attached hydrogens (tertiary/aromatic N) is 3. The van der Waals surface area contributed by atoms with Gasteiger partial charge in [-0.2, -0.15) is 0 Å². The smallest absolute Gasteiger partial charge is 0.275 e. The zero-order valence-electron chi connectivity index (χ0n) is 21.8. The Morgan fingerprint density at radius 1 is 1.25 bits per heavy atom. The van der Waals surface area contributed by atoms with Crippen LogP contribution in [0.4, 0.5) is 11.4 Å². The maximum absolute atomic E-state index is 13.4. The van der Waals surface area contributed by atoms with Gasteiger partial charge in [0.05, 0.1) is 12.8 Å². The Labute approximate surface area is 213 Å². The van der Waals surface area contributed by atoms with Crippen molar-refractivity contribution in [3.63, 3.8) is 0 Å². The van der Waals surface area contributed by atoms with Crippen molar-refractivity contribution in [2.75, 3.05) is 37.5 Å². The molecule has 0 spiro atoms. The lowest BCUT2D eigenvalue weighted by Crippen LogP contribution is -2.76. The van der Waals surface area contributed by atoms with Crippen LogP contribution in [-0.4, -0.2) is 66.9 Å². The second-order valence-corrected chi connectivity index (χ2v) is 10.5. The molecule has 1 saturated carbocycles. The minimum atomic E-state index is -1.44. The summed E-state index contributed by atoms with van der Waals surface area (Å²) < 4.78 is 5.69. The van der Waals surface area contributed by atoms with E-state index >= 15 is 0 Å². The zero-order chi connectivity index (χ0) is 25.6. The highest BCUT2D eigenvalue weighted by molar-refractivity contribution is 5.96. The first-order valence-corrected chi connectivity index (χ1v) is 13.1. The van der Waals surface area contributed by atoms with Gasteiger partial charge < -0.3 is 30.1 Å². The summed E-state index contributed by atoms with van der Waals surface area (Å²) in [7, 11) is 3.57. The van der Waals surface area contributed by atoms with Gasteiger partial charge in [0.25, 0.3) is 5.91 Å². The summed E-state index contributed by atoms with van der Waals surface area (Å²) in [6.45, 7) is 5.25. The second-order valence-electron chi connectivity index (χ2n) is 10.5. The van der Waals surface area contributed by atoms with Crippen LogP contribution in [0.3, 0.4) is 0 Å². The molecule has 5 rings (SSSR count). The molecule has 1 fully saturated rings. The van der Waals surface area contributed by atoms with E-state index in [9.17, 15) is 9.59 Å². The first-order valence-electron chi connectivity index (χ1n) is 13.1. The summed E-state index contributed by atoms with van der Waals surface area (Å²) in [4.78, 5) is 32.0. The van der Waals surface area contributed by atoms with E-state index in [0.29, 0.717) is 35.8 Å². The predicted octanol–water partition coefficient (Wildman–Crippen LogP) is 1.83. The Bertz CT molecular complexity index is 1080. The van der Waals surface area contributed by atoms with Crippen LogP contribution in [0, 0.1) is 0 Å². The van der Waals surface area contributed by atoms with Crippen molar-refractivity contribution in [2.45, 2.75) is 76.8 Å². The van der Waals surface area contributed by atoms with Gasteiger partial charge in [-0.15, -0.1) is 0 Å². The van der Waals surface area contributed by atoms with Gasteiger partial charge >= 0.3 is 0 Å². The summed E-state index contributed by atoms with van der Waals surface area (Å²) in [6.07, 6.45) is 7.39. The summed E-state index contributed by atoms with van der Waals surface area (Å²) in [5.74, 6) is -0.277. The Morgan fingerprint density at radius 3 is 2.67 bits per heavy atom. The number of hydrogen-bond acceptors (Lipinski definition) is 8. The van der Waals surface area contributed by atoms with Gasteiger partial charge in [-0.1, -0.05) is 19.8 Å². The van der Waals surface area contributed by atoms with Crippen molar-refractivity contribution in [1.29, 1.82) is 0 Å². The van der Waals surface area contributed by atoms with Gasteiger partial charge in [0.2, 0.25) is 11.8 Å². The Hall–Kier alpha value is -3.14. The molecule has 4 aliphatic rings. The van der Waals surface area contributed by atoms with Crippen LogP contribution in [-0.2, 0) is 16.0 Å². The average Bonchev–Trinajstić information content (AvgIpc) is 3.36. The van der Waals surface area contributed by atoms with Crippen molar-refractivity contribution < 1.29 is 14.3 Å². The number of fused-ring (bicyclic) bond motifs is 1. The summed E-state index contributed by atoms with van der Waals surface area (Å²) in [5, 5.41) is 9.70. The van der Waals surface area contributed by atoms with E-state index in [-0.39, 0.29) is 11.8 Å². The number of rotatable bonds is 5. The SMILES string of the molecule is CCC1CN(C)C2=C(N[C@@](N)(Nc3cc4c(cc3OC)CCCN4C(C)=O)NC2=O)N1C1CCCC1. The molecule has 1 aromatic carbocycles. The molecule has 10 nitrogen and oxygen atoms in total. The molecule has 2 amide bonds. The summed E-state index contributed by atoms with van der Waals surface area (Å²) >= 11 is 0. The quantitative estimate of drug-likeness (QED) is 0.456. The lowest BCUT2D eigenvalue weighted by Gasteiger charge is -2.52. The number of anilines is 2. The molecule has 0 radical (unpaired) electrons. The normalized spacial score (nSPS) is 26.3. The van der Waals surface area contributed by atoms with Gasteiger partial charge in [-0.25, -0.2) is 0 Å². The van der Waals surface area contributed by atoms with Crippen LogP contribution in [0.15, 0.2) is 23.7 Å². The first kappa shape index (κ1) is 24.5. The third-order valence-electron chi connectivity index (χ3n) is 8.00. The Morgan fingerprint density at radius 2 is 2.00 bits per heavy atom. The van der Waals surface area contributed by atoms with Gasteiger partial charge in [0, 0.05) is 44.8 Å². The van der Waals surface area contributed by atoms with E-state index in [0.717, 1.165) is 55.7 Å². The highest BCUT2D eigenvalue weighted by Gasteiger charge is 2.46. The topological polar surface area (TPSA) is 115 Å². The number of ether oxygens (including phenoxy) is 1. The molecular weight excluding hydrogens is 458 g/mol. The molecule has 0 bridgehead atoms. The van der Waals surface area contributed by atoms with Crippen molar-refractivity contribution in [3.8, 4) is 5.75 Å². The average molecular weight is 498 g/mol. The third kappa shape index (κ3) is 4.21. The third-order valence-corrected chi connectivity index (χ3v) is 8.00. The second kappa shape index (κ2) is 9.38. The van der Waals surface area contributed by atoms with Crippen LogP contribution >= 0.6 is 0 Å². The molecule has 1 unspecified atom stereocenters. The number of amides is 2. The fourth-order valence-corrected chi connectivity index (χ4v) is 6.31.